The number of aromatic nitrogens is 4. The normalized spacial score (nSPS) is 14.5. The van der Waals surface area contributed by atoms with Gasteiger partial charge in [0.1, 0.15) is 5.82 Å². The zero-order valence-electron chi connectivity index (χ0n) is 18.8. The highest BCUT2D eigenvalue weighted by Crippen LogP contribution is 2.20. The van der Waals surface area contributed by atoms with E-state index in [1.54, 1.807) is 4.68 Å². The maximum Gasteiger partial charge on any atom is 0.279 e. The minimum atomic E-state index is -0.330. The number of nitrogens with one attached hydrogen (secondary N) is 1. The highest BCUT2D eigenvalue weighted by molar-refractivity contribution is 6.03. The van der Waals surface area contributed by atoms with Crippen LogP contribution in [0.3, 0.4) is 0 Å². The summed E-state index contributed by atoms with van der Waals surface area (Å²) in [5.41, 5.74) is 4.99. The van der Waals surface area contributed by atoms with Crippen LogP contribution in [0.15, 0.2) is 54.6 Å². The minimum Gasteiger partial charge on any atom is -0.379 e. The van der Waals surface area contributed by atoms with E-state index in [9.17, 15) is 4.79 Å². The fourth-order valence-electron chi connectivity index (χ4n) is 4.10. The molecular formula is C25H26N6O2. The molecule has 4 aromatic rings. The summed E-state index contributed by atoms with van der Waals surface area (Å²) < 4.78 is 7.11. The van der Waals surface area contributed by atoms with Crippen molar-refractivity contribution in [2.45, 2.75) is 20.4 Å². The molecule has 0 saturated carbocycles. The van der Waals surface area contributed by atoms with Crippen molar-refractivity contribution in [3.05, 3.63) is 77.1 Å². The van der Waals surface area contributed by atoms with Gasteiger partial charge in [0.05, 0.1) is 30.1 Å². The summed E-state index contributed by atoms with van der Waals surface area (Å²) in [6, 6.07) is 17.9. The molecule has 8 heteroatoms. The van der Waals surface area contributed by atoms with E-state index >= 15 is 0 Å². The first-order valence-electron chi connectivity index (χ1n) is 11.1. The summed E-state index contributed by atoms with van der Waals surface area (Å²) in [4.78, 5) is 19.9. The fraction of sp³-hybridized carbons (Fsp3) is 0.280. The van der Waals surface area contributed by atoms with E-state index in [-0.39, 0.29) is 11.6 Å². The van der Waals surface area contributed by atoms with Gasteiger partial charge >= 0.3 is 0 Å². The van der Waals surface area contributed by atoms with Gasteiger partial charge in [-0.05, 0) is 55.3 Å². The topological polar surface area (TPSA) is 85.2 Å². The molecule has 1 aliphatic rings. The lowest BCUT2D eigenvalue weighted by Crippen LogP contribution is -2.35. The Morgan fingerprint density at radius 3 is 2.70 bits per heavy atom. The number of aryl methyl sites for hydroxylation is 1. The zero-order chi connectivity index (χ0) is 22.8. The molecule has 0 spiro atoms. The van der Waals surface area contributed by atoms with Gasteiger partial charge in [-0.1, -0.05) is 29.5 Å². The number of fused-ring (bicyclic) bond motifs is 1. The van der Waals surface area contributed by atoms with Crippen LogP contribution in [-0.2, 0) is 11.3 Å². The molecule has 1 amide bonds. The summed E-state index contributed by atoms with van der Waals surface area (Å²) in [6.07, 6.45) is 0. The van der Waals surface area contributed by atoms with Crippen molar-refractivity contribution in [2.24, 2.45) is 0 Å². The smallest absolute Gasteiger partial charge is 0.279 e. The molecule has 1 fully saturated rings. The molecule has 0 aliphatic carbocycles. The Kier molecular flexibility index (Phi) is 5.85. The third-order valence-corrected chi connectivity index (χ3v) is 5.96. The summed E-state index contributed by atoms with van der Waals surface area (Å²) in [6.45, 7) is 8.22. The maximum absolute atomic E-state index is 12.9. The monoisotopic (exact) mass is 442 g/mol. The average Bonchev–Trinajstić information content (AvgIpc) is 3.21. The molecule has 0 unspecified atom stereocenters. The molecule has 0 radical (unpaired) electrons. The number of carbonyl (C=O) groups is 1. The van der Waals surface area contributed by atoms with Gasteiger partial charge in [-0.15, -0.1) is 5.10 Å². The molecule has 2 aromatic carbocycles. The lowest BCUT2D eigenvalue weighted by molar-refractivity contribution is 0.0342. The lowest BCUT2D eigenvalue weighted by Gasteiger charge is -2.26. The Morgan fingerprint density at radius 1 is 1.06 bits per heavy atom. The second-order valence-corrected chi connectivity index (χ2v) is 8.29. The van der Waals surface area contributed by atoms with E-state index in [0.29, 0.717) is 11.5 Å². The van der Waals surface area contributed by atoms with Crippen LogP contribution in [0.2, 0.25) is 0 Å². The number of hydrogen-bond acceptors (Lipinski definition) is 6. The molecule has 1 aliphatic heterocycles. The molecular weight excluding hydrogens is 416 g/mol. The Hall–Kier alpha value is -3.62. The number of ether oxygens (including phenoxy) is 1. The Bertz CT molecular complexity index is 1310. The number of morpholine rings is 1. The summed E-state index contributed by atoms with van der Waals surface area (Å²) >= 11 is 0. The molecule has 1 N–H and O–H groups in total. The van der Waals surface area contributed by atoms with E-state index in [0.717, 1.165) is 55.0 Å². The third kappa shape index (κ3) is 4.48. The molecule has 168 valence electrons. The van der Waals surface area contributed by atoms with Crippen molar-refractivity contribution in [3.8, 4) is 5.69 Å². The number of anilines is 1. The molecule has 2 aromatic heterocycles. The molecule has 3 heterocycles. The van der Waals surface area contributed by atoms with Gasteiger partial charge in [0.15, 0.2) is 5.69 Å². The number of amides is 1. The maximum atomic E-state index is 12.9. The minimum absolute atomic E-state index is 0.279. The number of carbonyl (C=O) groups excluding carboxylic acids is 1. The first-order valence-corrected chi connectivity index (χ1v) is 11.1. The molecule has 0 bridgehead atoms. The van der Waals surface area contributed by atoms with E-state index in [2.05, 4.69) is 37.6 Å². The van der Waals surface area contributed by atoms with Crippen molar-refractivity contribution >= 4 is 22.6 Å². The highest BCUT2D eigenvalue weighted by atomic mass is 16.5. The van der Waals surface area contributed by atoms with E-state index in [1.165, 1.54) is 5.56 Å². The van der Waals surface area contributed by atoms with Crippen LogP contribution in [0, 0.1) is 13.8 Å². The number of para-hydroxylation sites is 1. The number of benzene rings is 2. The van der Waals surface area contributed by atoms with Crippen molar-refractivity contribution in [3.63, 3.8) is 0 Å². The fourth-order valence-corrected chi connectivity index (χ4v) is 4.10. The number of pyridine rings is 1. The average molecular weight is 443 g/mol. The molecule has 33 heavy (non-hydrogen) atoms. The van der Waals surface area contributed by atoms with Crippen LogP contribution >= 0.6 is 0 Å². The van der Waals surface area contributed by atoms with Gasteiger partial charge in [-0.2, -0.15) is 0 Å². The summed E-state index contributed by atoms with van der Waals surface area (Å²) in [5.74, 6) is 0.154. The quantitative estimate of drug-likeness (QED) is 0.509. The van der Waals surface area contributed by atoms with Crippen LogP contribution in [-0.4, -0.2) is 57.1 Å². The van der Waals surface area contributed by atoms with Crippen LogP contribution in [0.25, 0.3) is 16.6 Å². The van der Waals surface area contributed by atoms with Crippen molar-refractivity contribution in [1.82, 2.24) is 24.9 Å². The van der Waals surface area contributed by atoms with E-state index < -0.39 is 0 Å². The number of hydrogen-bond donors (Lipinski definition) is 1. The summed E-state index contributed by atoms with van der Waals surface area (Å²) in [5, 5.41) is 12.2. The van der Waals surface area contributed by atoms with Crippen molar-refractivity contribution in [1.29, 1.82) is 0 Å². The third-order valence-electron chi connectivity index (χ3n) is 5.96. The Morgan fingerprint density at radius 2 is 1.88 bits per heavy atom. The highest BCUT2D eigenvalue weighted by Gasteiger charge is 2.19. The molecule has 1 saturated heterocycles. The van der Waals surface area contributed by atoms with Gasteiger partial charge in [-0.25, -0.2) is 9.67 Å². The SMILES string of the molecule is Cc1ccccc1-n1nnc(C(=O)Nc2ccc3cc(CN4CCOCC4)ccc3n2)c1C. The van der Waals surface area contributed by atoms with Crippen LogP contribution in [0.4, 0.5) is 5.82 Å². The second kappa shape index (κ2) is 9.09. The van der Waals surface area contributed by atoms with Crippen molar-refractivity contribution < 1.29 is 9.53 Å². The van der Waals surface area contributed by atoms with Gasteiger partial charge in [0.25, 0.3) is 5.91 Å². The van der Waals surface area contributed by atoms with E-state index in [4.69, 9.17) is 4.74 Å². The van der Waals surface area contributed by atoms with Gasteiger partial charge in [0, 0.05) is 25.0 Å². The predicted octanol–water partition coefficient (Wildman–Crippen LogP) is 3.52. The molecule has 0 atom stereocenters. The second-order valence-electron chi connectivity index (χ2n) is 8.29. The Balaban J connectivity index is 1.32. The summed E-state index contributed by atoms with van der Waals surface area (Å²) in [7, 11) is 0. The Labute approximate surface area is 192 Å². The first-order chi connectivity index (χ1) is 16.1. The zero-order valence-corrected chi connectivity index (χ0v) is 18.8. The van der Waals surface area contributed by atoms with E-state index in [1.807, 2.05) is 56.3 Å². The van der Waals surface area contributed by atoms with Crippen LogP contribution < -0.4 is 5.32 Å². The first kappa shape index (κ1) is 21.2. The number of nitrogens with zero attached hydrogens (tertiary/aromatic N) is 5. The van der Waals surface area contributed by atoms with Crippen LogP contribution in [0.5, 0.6) is 0 Å². The van der Waals surface area contributed by atoms with Crippen LogP contribution in [0.1, 0.15) is 27.3 Å². The standard InChI is InChI=1S/C25H26N6O2/c1-17-5-3-4-6-22(17)31-18(2)24(28-29-31)25(32)27-23-10-8-20-15-19(7-9-21(20)26-23)16-30-11-13-33-14-12-30/h3-10,15H,11-14,16H2,1-2H3,(H,26,27,32). The van der Waals surface area contributed by atoms with Gasteiger partial charge in [0.2, 0.25) is 0 Å². The lowest BCUT2D eigenvalue weighted by atomic mass is 10.1. The van der Waals surface area contributed by atoms with Crippen molar-refractivity contribution in [2.75, 3.05) is 31.6 Å². The predicted molar refractivity (Wildman–Crippen MR) is 127 cm³/mol. The van der Waals surface area contributed by atoms with Gasteiger partial charge in [-0.3, -0.25) is 9.69 Å². The molecule has 5 rings (SSSR count). The molecule has 8 nitrogen and oxygen atoms in total. The number of rotatable bonds is 5. The largest absolute Gasteiger partial charge is 0.379 e. The van der Waals surface area contributed by atoms with Gasteiger partial charge < -0.3 is 10.1 Å².